The highest BCUT2D eigenvalue weighted by molar-refractivity contribution is 9.10. The molecule has 1 aromatic carbocycles. The van der Waals surface area contributed by atoms with Crippen molar-refractivity contribution in [3.05, 3.63) is 27.7 Å². The van der Waals surface area contributed by atoms with E-state index < -0.39 is 6.04 Å². The van der Waals surface area contributed by atoms with Gasteiger partial charge in [-0.15, -0.1) is 0 Å². The summed E-state index contributed by atoms with van der Waals surface area (Å²) >= 11 is 9.16. The van der Waals surface area contributed by atoms with Gasteiger partial charge in [0.05, 0.1) is 21.8 Å². The van der Waals surface area contributed by atoms with E-state index in [2.05, 4.69) is 21.2 Å². The molecule has 0 fully saturated rings. The Bertz CT molecular complexity index is 387. The fourth-order valence-corrected chi connectivity index (χ4v) is 1.62. The molecule has 0 saturated heterocycles. The number of ether oxygens (including phenoxy) is 1. The van der Waals surface area contributed by atoms with Crippen molar-refractivity contribution in [1.29, 1.82) is 0 Å². The lowest BCUT2D eigenvalue weighted by atomic mass is 10.2. The van der Waals surface area contributed by atoms with Crippen molar-refractivity contribution >= 4 is 39.1 Å². The number of hydrogen-bond donors (Lipinski definition) is 2. The van der Waals surface area contributed by atoms with Crippen molar-refractivity contribution < 1.29 is 9.53 Å². The Labute approximate surface area is 107 Å². The van der Waals surface area contributed by atoms with Crippen molar-refractivity contribution in [1.82, 2.24) is 0 Å². The lowest BCUT2D eigenvalue weighted by molar-refractivity contribution is -0.118. The Hall–Kier alpha value is -0.620. The van der Waals surface area contributed by atoms with E-state index in [1.807, 2.05) is 0 Å². The van der Waals surface area contributed by atoms with Crippen LogP contribution in [0.3, 0.4) is 0 Å². The summed E-state index contributed by atoms with van der Waals surface area (Å²) in [6.07, 6.45) is 0. The van der Waals surface area contributed by atoms with Crippen LogP contribution >= 0.6 is 27.5 Å². The van der Waals surface area contributed by atoms with E-state index in [-0.39, 0.29) is 12.5 Å². The second kappa shape index (κ2) is 6.20. The first-order valence-corrected chi connectivity index (χ1v) is 5.72. The Kier molecular flexibility index (Phi) is 5.21. The van der Waals surface area contributed by atoms with Crippen LogP contribution < -0.4 is 11.1 Å². The van der Waals surface area contributed by atoms with Crippen molar-refractivity contribution in [3.8, 4) is 0 Å². The minimum atomic E-state index is -0.698. The van der Waals surface area contributed by atoms with Crippen LogP contribution in [0.5, 0.6) is 0 Å². The molecule has 0 aliphatic heterocycles. The van der Waals surface area contributed by atoms with E-state index in [0.29, 0.717) is 15.2 Å². The largest absolute Gasteiger partial charge is 0.383 e. The monoisotopic (exact) mass is 306 g/mol. The number of anilines is 1. The molecule has 1 aromatic rings. The third-order valence-electron chi connectivity index (χ3n) is 1.89. The summed E-state index contributed by atoms with van der Waals surface area (Å²) in [6, 6.07) is 4.49. The van der Waals surface area contributed by atoms with Crippen molar-refractivity contribution in [2.75, 3.05) is 19.0 Å². The number of halogens is 2. The minimum Gasteiger partial charge on any atom is -0.383 e. The molecule has 1 amide bonds. The van der Waals surface area contributed by atoms with Gasteiger partial charge in [0.2, 0.25) is 5.91 Å². The predicted octanol–water partition coefficient (Wildman–Crippen LogP) is 2.01. The number of carbonyl (C=O) groups is 1. The maximum absolute atomic E-state index is 11.6. The van der Waals surface area contributed by atoms with Gasteiger partial charge in [0.25, 0.3) is 0 Å². The summed E-state index contributed by atoms with van der Waals surface area (Å²) in [6.45, 7) is 0.171. The molecule has 0 aliphatic rings. The summed E-state index contributed by atoms with van der Waals surface area (Å²) in [7, 11) is 1.49. The first kappa shape index (κ1) is 13.4. The molecule has 6 heteroatoms. The molecule has 0 bridgehead atoms. The first-order chi connectivity index (χ1) is 7.56. The highest BCUT2D eigenvalue weighted by atomic mass is 79.9. The Morgan fingerprint density at radius 1 is 1.69 bits per heavy atom. The van der Waals surface area contributed by atoms with Gasteiger partial charge in [-0.1, -0.05) is 17.7 Å². The van der Waals surface area contributed by atoms with Crippen LogP contribution in [0.4, 0.5) is 5.69 Å². The zero-order valence-electron chi connectivity index (χ0n) is 8.67. The van der Waals surface area contributed by atoms with Gasteiger partial charge in [0, 0.05) is 7.11 Å². The summed E-state index contributed by atoms with van der Waals surface area (Å²) in [5, 5.41) is 3.19. The molecule has 1 atom stereocenters. The van der Waals surface area contributed by atoms with Gasteiger partial charge < -0.3 is 15.8 Å². The van der Waals surface area contributed by atoms with Crippen LogP contribution in [0.25, 0.3) is 0 Å². The minimum absolute atomic E-state index is 0.171. The molecule has 16 heavy (non-hydrogen) atoms. The number of amides is 1. The predicted molar refractivity (Wildman–Crippen MR) is 67.6 cm³/mol. The number of nitrogens with one attached hydrogen (secondary N) is 1. The number of carbonyl (C=O) groups excluding carboxylic acids is 1. The van der Waals surface area contributed by atoms with E-state index >= 15 is 0 Å². The molecule has 0 saturated carbocycles. The van der Waals surface area contributed by atoms with Crippen molar-refractivity contribution in [2.45, 2.75) is 6.04 Å². The summed E-state index contributed by atoms with van der Waals surface area (Å²) in [5.74, 6) is -0.315. The molecule has 88 valence electrons. The topological polar surface area (TPSA) is 64.3 Å². The number of methoxy groups -OCH3 is 1. The third-order valence-corrected chi connectivity index (χ3v) is 3.29. The molecule has 1 unspecified atom stereocenters. The fraction of sp³-hybridized carbons (Fsp3) is 0.300. The van der Waals surface area contributed by atoms with Crippen LogP contribution in [-0.4, -0.2) is 25.7 Å². The van der Waals surface area contributed by atoms with Crippen LogP contribution in [0.1, 0.15) is 0 Å². The second-order valence-corrected chi connectivity index (χ2v) is 4.35. The maximum Gasteiger partial charge on any atom is 0.243 e. The smallest absolute Gasteiger partial charge is 0.243 e. The Morgan fingerprint density at radius 2 is 2.38 bits per heavy atom. The van der Waals surface area contributed by atoms with Crippen LogP contribution in [-0.2, 0) is 9.53 Å². The number of hydrogen-bond acceptors (Lipinski definition) is 3. The van der Waals surface area contributed by atoms with Gasteiger partial charge in [-0.25, -0.2) is 0 Å². The van der Waals surface area contributed by atoms with E-state index in [0.717, 1.165) is 0 Å². The molecule has 0 aliphatic carbocycles. The van der Waals surface area contributed by atoms with Gasteiger partial charge in [-0.3, -0.25) is 4.79 Å². The lowest BCUT2D eigenvalue weighted by Gasteiger charge is -2.12. The molecule has 1 rings (SSSR count). The molecule has 3 N–H and O–H groups in total. The zero-order valence-corrected chi connectivity index (χ0v) is 11.0. The van der Waals surface area contributed by atoms with Gasteiger partial charge in [0.1, 0.15) is 6.04 Å². The normalized spacial score (nSPS) is 12.2. The second-order valence-electron chi connectivity index (χ2n) is 3.15. The van der Waals surface area contributed by atoms with E-state index in [4.69, 9.17) is 22.1 Å². The molecular weight excluding hydrogens is 295 g/mol. The van der Waals surface area contributed by atoms with Gasteiger partial charge in [-0.2, -0.15) is 0 Å². The molecule has 0 heterocycles. The van der Waals surface area contributed by atoms with Crippen LogP contribution in [0.15, 0.2) is 22.7 Å². The molecule has 4 nitrogen and oxygen atoms in total. The van der Waals surface area contributed by atoms with Crippen LogP contribution in [0.2, 0.25) is 5.02 Å². The lowest BCUT2D eigenvalue weighted by Crippen LogP contribution is -2.39. The summed E-state index contributed by atoms with van der Waals surface area (Å²) in [5.41, 5.74) is 6.17. The number of benzene rings is 1. The molecule has 0 spiro atoms. The quantitative estimate of drug-likeness (QED) is 0.894. The van der Waals surface area contributed by atoms with E-state index in [1.54, 1.807) is 18.2 Å². The number of nitrogens with two attached hydrogens (primary N) is 1. The van der Waals surface area contributed by atoms with Crippen LogP contribution in [0, 0.1) is 0 Å². The Morgan fingerprint density at radius 3 is 3.00 bits per heavy atom. The maximum atomic E-state index is 11.6. The van der Waals surface area contributed by atoms with Gasteiger partial charge >= 0.3 is 0 Å². The highest BCUT2D eigenvalue weighted by Crippen LogP contribution is 2.29. The summed E-state index contributed by atoms with van der Waals surface area (Å²) in [4.78, 5) is 11.6. The fourth-order valence-electron chi connectivity index (χ4n) is 1.08. The highest BCUT2D eigenvalue weighted by Gasteiger charge is 2.14. The Balaban J connectivity index is 2.73. The van der Waals surface area contributed by atoms with Crippen molar-refractivity contribution in [2.24, 2.45) is 5.73 Å². The average Bonchev–Trinajstić information content (AvgIpc) is 2.25. The van der Waals surface area contributed by atoms with Crippen molar-refractivity contribution in [3.63, 3.8) is 0 Å². The SMILES string of the molecule is COCC(N)C(=O)Nc1cccc(Cl)c1Br. The molecule has 0 aromatic heterocycles. The van der Waals surface area contributed by atoms with Gasteiger partial charge in [-0.05, 0) is 28.1 Å². The third kappa shape index (κ3) is 3.45. The zero-order chi connectivity index (χ0) is 12.1. The van der Waals surface area contributed by atoms with E-state index in [1.165, 1.54) is 7.11 Å². The van der Waals surface area contributed by atoms with Gasteiger partial charge in [0.15, 0.2) is 0 Å². The molecular formula is C10H12BrClN2O2. The summed E-state index contributed by atoms with van der Waals surface area (Å²) < 4.78 is 5.43. The number of rotatable bonds is 4. The average molecular weight is 308 g/mol. The standard InChI is InChI=1S/C10H12BrClN2O2/c1-16-5-7(13)10(15)14-8-4-2-3-6(12)9(8)11/h2-4,7H,5,13H2,1H3,(H,14,15). The molecule has 0 radical (unpaired) electrons. The van der Waals surface area contributed by atoms with E-state index in [9.17, 15) is 4.79 Å². The first-order valence-electron chi connectivity index (χ1n) is 4.55.